The third-order valence-electron chi connectivity index (χ3n) is 4.15. The average Bonchev–Trinajstić information content (AvgIpc) is 2.63. The summed E-state index contributed by atoms with van der Waals surface area (Å²) in [6.07, 6.45) is 0.197. The molecule has 3 aromatic rings. The first-order chi connectivity index (χ1) is 12.9. The van der Waals surface area contributed by atoms with E-state index in [4.69, 9.17) is 12.2 Å². The standard InChI is InChI=1S/C20H17N3O3S/c1-13-11-16(23(25)26)9-10-18(13)21-20(27)22-19(24)12-15-7-4-6-14-5-2-3-8-17(14)15/h2-11H,12H2,1H3,(H2,21,22,24,27). The van der Waals surface area contributed by atoms with Crippen LogP contribution in [0.25, 0.3) is 10.8 Å². The van der Waals surface area contributed by atoms with E-state index in [1.54, 1.807) is 13.0 Å². The van der Waals surface area contributed by atoms with Crippen molar-refractivity contribution in [2.24, 2.45) is 0 Å². The summed E-state index contributed by atoms with van der Waals surface area (Å²) in [5.41, 5.74) is 2.19. The normalized spacial score (nSPS) is 10.4. The van der Waals surface area contributed by atoms with Crippen molar-refractivity contribution in [3.63, 3.8) is 0 Å². The number of benzene rings is 3. The zero-order chi connectivity index (χ0) is 19.4. The summed E-state index contributed by atoms with van der Waals surface area (Å²) in [6, 6.07) is 18.1. The number of carbonyl (C=O) groups excluding carboxylic acids is 1. The van der Waals surface area contributed by atoms with Crippen molar-refractivity contribution >= 4 is 45.4 Å². The fraction of sp³-hybridized carbons (Fsp3) is 0.100. The van der Waals surface area contributed by atoms with Gasteiger partial charge in [-0.2, -0.15) is 0 Å². The molecule has 0 atom stereocenters. The number of nitrogens with one attached hydrogen (secondary N) is 2. The largest absolute Gasteiger partial charge is 0.332 e. The van der Waals surface area contributed by atoms with E-state index >= 15 is 0 Å². The van der Waals surface area contributed by atoms with E-state index in [1.165, 1.54) is 12.1 Å². The molecule has 27 heavy (non-hydrogen) atoms. The molecule has 0 aliphatic heterocycles. The second-order valence-electron chi connectivity index (χ2n) is 6.07. The van der Waals surface area contributed by atoms with E-state index in [2.05, 4.69) is 10.6 Å². The molecule has 0 aliphatic carbocycles. The van der Waals surface area contributed by atoms with E-state index in [9.17, 15) is 14.9 Å². The molecule has 2 N–H and O–H groups in total. The van der Waals surface area contributed by atoms with E-state index in [0.29, 0.717) is 11.3 Å². The fourth-order valence-electron chi connectivity index (χ4n) is 2.85. The van der Waals surface area contributed by atoms with Crippen LogP contribution in [0.2, 0.25) is 0 Å². The molecular weight excluding hydrogens is 362 g/mol. The number of hydrogen-bond donors (Lipinski definition) is 2. The number of non-ortho nitro benzene ring substituents is 1. The number of nitrogens with zero attached hydrogens (tertiary/aromatic N) is 1. The van der Waals surface area contributed by atoms with Crippen molar-refractivity contribution < 1.29 is 9.72 Å². The van der Waals surface area contributed by atoms with Gasteiger partial charge in [-0.25, -0.2) is 0 Å². The Morgan fingerprint density at radius 2 is 1.85 bits per heavy atom. The Morgan fingerprint density at radius 1 is 1.11 bits per heavy atom. The van der Waals surface area contributed by atoms with Gasteiger partial charge in [-0.3, -0.25) is 14.9 Å². The number of fused-ring (bicyclic) bond motifs is 1. The lowest BCUT2D eigenvalue weighted by molar-refractivity contribution is -0.384. The highest BCUT2D eigenvalue weighted by atomic mass is 32.1. The van der Waals surface area contributed by atoms with Gasteiger partial charge in [-0.15, -0.1) is 0 Å². The number of aryl methyl sites for hydroxylation is 1. The van der Waals surface area contributed by atoms with Gasteiger partial charge < -0.3 is 10.6 Å². The molecule has 0 saturated carbocycles. The minimum Gasteiger partial charge on any atom is -0.332 e. The van der Waals surface area contributed by atoms with Gasteiger partial charge in [-0.05, 0) is 47.1 Å². The molecule has 136 valence electrons. The summed E-state index contributed by atoms with van der Waals surface area (Å²) in [5, 5.41) is 18.6. The smallest absolute Gasteiger partial charge is 0.269 e. The first kappa shape index (κ1) is 18.5. The first-order valence-electron chi connectivity index (χ1n) is 8.26. The van der Waals surface area contributed by atoms with Gasteiger partial charge in [0.05, 0.1) is 11.3 Å². The molecule has 3 rings (SSSR count). The number of hydrogen-bond acceptors (Lipinski definition) is 4. The molecule has 0 heterocycles. The first-order valence-corrected chi connectivity index (χ1v) is 8.67. The number of amides is 1. The third kappa shape index (κ3) is 4.45. The lowest BCUT2D eigenvalue weighted by Crippen LogP contribution is -2.35. The molecule has 0 fully saturated rings. The van der Waals surface area contributed by atoms with Gasteiger partial charge in [0.25, 0.3) is 5.69 Å². The van der Waals surface area contributed by atoms with Gasteiger partial charge in [0.2, 0.25) is 5.91 Å². The van der Waals surface area contributed by atoms with E-state index < -0.39 is 4.92 Å². The topological polar surface area (TPSA) is 84.3 Å². The molecular formula is C20H17N3O3S. The van der Waals surface area contributed by atoms with Crippen LogP contribution >= 0.6 is 12.2 Å². The van der Waals surface area contributed by atoms with E-state index in [0.717, 1.165) is 16.3 Å². The maximum absolute atomic E-state index is 12.4. The zero-order valence-electron chi connectivity index (χ0n) is 14.6. The fourth-order valence-corrected chi connectivity index (χ4v) is 3.07. The number of rotatable bonds is 4. The molecule has 7 heteroatoms. The van der Waals surface area contributed by atoms with Crippen LogP contribution < -0.4 is 10.6 Å². The van der Waals surface area contributed by atoms with Gasteiger partial charge in [-0.1, -0.05) is 42.5 Å². The highest BCUT2D eigenvalue weighted by Gasteiger charge is 2.11. The van der Waals surface area contributed by atoms with Crippen molar-refractivity contribution in [3.8, 4) is 0 Å². The van der Waals surface area contributed by atoms with Gasteiger partial charge in [0, 0.05) is 17.8 Å². The van der Waals surface area contributed by atoms with Gasteiger partial charge >= 0.3 is 0 Å². The molecule has 1 amide bonds. The molecule has 0 bridgehead atoms. The second-order valence-corrected chi connectivity index (χ2v) is 6.48. The maximum Gasteiger partial charge on any atom is 0.269 e. The summed E-state index contributed by atoms with van der Waals surface area (Å²) in [5.74, 6) is -0.233. The van der Waals surface area contributed by atoms with Crippen LogP contribution in [-0.4, -0.2) is 15.9 Å². The summed E-state index contributed by atoms with van der Waals surface area (Å²) >= 11 is 5.19. The van der Waals surface area contributed by atoms with Gasteiger partial charge in [0.15, 0.2) is 5.11 Å². The van der Waals surface area contributed by atoms with Crippen LogP contribution in [0.15, 0.2) is 60.7 Å². The van der Waals surface area contributed by atoms with Gasteiger partial charge in [0.1, 0.15) is 0 Å². The van der Waals surface area contributed by atoms with Crippen LogP contribution in [0.5, 0.6) is 0 Å². The van der Waals surface area contributed by atoms with Crippen molar-refractivity contribution in [1.82, 2.24) is 5.32 Å². The molecule has 0 radical (unpaired) electrons. The Kier molecular flexibility index (Phi) is 5.42. The van der Waals surface area contributed by atoms with Crippen molar-refractivity contribution in [2.45, 2.75) is 13.3 Å². The number of anilines is 1. The Labute approximate surface area is 161 Å². The van der Waals surface area contributed by atoms with Crippen LogP contribution in [0, 0.1) is 17.0 Å². The average molecular weight is 379 g/mol. The minimum absolute atomic E-state index is 0.00367. The third-order valence-corrected chi connectivity index (χ3v) is 4.36. The van der Waals surface area contributed by atoms with Crippen LogP contribution in [0.4, 0.5) is 11.4 Å². The van der Waals surface area contributed by atoms with Crippen molar-refractivity contribution in [2.75, 3.05) is 5.32 Å². The predicted molar refractivity (Wildman–Crippen MR) is 110 cm³/mol. The second kappa shape index (κ2) is 7.92. The monoisotopic (exact) mass is 379 g/mol. The highest BCUT2D eigenvalue weighted by Crippen LogP contribution is 2.21. The van der Waals surface area contributed by atoms with Crippen molar-refractivity contribution in [1.29, 1.82) is 0 Å². The number of nitro groups is 1. The SMILES string of the molecule is Cc1cc([N+](=O)[O-])ccc1NC(=S)NC(=O)Cc1cccc2ccccc12. The van der Waals surface area contributed by atoms with Crippen LogP contribution in [-0.2, 0) is 11.2 Å². The Morgan fingerprint density at radius 3 is 2.59 bits per heavy atom. The molecule has 3 aromatic carbocycles. The maximum atomic E-state index is 12.4. The zero-order valence-corrected chi connectivity index (χ0v) is 15.4. The highest BCUT2D eigenvalue weighted by molar-refractivity contribution is 7.80. The molecule has 6 nitrogen and oxygen atoms in total. The summed E-state index contributed by atoms with van der Waals surface area (Å²) in [4.78, 5) is 22.7. The predicted octanol–water partition coefficient (Wildman–Crippen LogP) is 4.11. The summed E-state index contributed by atoms with van der Waals surface area (Å²) in [7, 11) is 0. The summed E-state index contributed by atoms with van der Waals surface area (Å²) in [6.45, 7) is 1.73. The Hall–Kier alpha value is -3.32. The quantitative estimate of drug-likeness (QED) is 0.405. The molecule has 0 unspecified atom stereocenters. The Balaban J connectivity index is 1.66. The molecule has 0 aromatic heterocycles. The molecule has 0 saturated heterocycles. The molecule has 0 spiro atoms. The minimum atomic E-state index is -0.457. The lowest BCUT2D eigenvalue weighted by Gasteiger charge is -2.12. The summed E-state index contributed by atoms with van der Waals surface area (Å²) < 4.78 is 0. The lowest BCUT2D eigenvalue weighted by atomic mass is 10.0. The van der Waals surface area contributed by atoms with E-state index in [-0.39, 0.29) is 23.1 Å². The number of thiocarbonyl (C=S) groups is 1. The van der Waals surface area contributed by atoms with Crippen LogP contribution in [0.3, 0.4) is 0 Å². The number of carbonyl (C=O) groups is 1. The molecule has 0 aliphatic rings. The van der Waals surface area contributed by atoms with Crippen LogP contribution in [0.1, 0.15) is 11.1 Å². The van der Waals surface area contributed by atoms with E-state index in [1.807, 2.05) is 42.5 Å². The number of nitro benzene ring substituents is 1. The Bertz CT molecular complexity index is 1040. The van der Waals surface area contributed by atoms with Crippen molar-refractivity contribution in [3.05, 3.63) is 81.9 Å².